The van der Waals surface area contributed by atoms with Crippen molar-refractivity contribution in [2.24, 2.45) is 0 Å². The Balaban J connectivity index is 2.49. The number of amides is 2. The number of anilines is 1. The van der Waals surface area contributed by atoms with Crippen molar-refractivity contribution in [2.75, 3.05) is 25.5 Å². The molecule has 0 bridgehead atoms. The van der Waals surface area contributed by atoms with E-state index in [0.717, 1.165) is 11.1 Å². The summed E-state index contributed by atoms with van der Waals surface area (Å²) >= 11 is 0. The first-order valence-corrected chi connectivity index (χ1v) is 6.01. The second-order valence-electron chi connectivity index (χ2n) is 4.91. The maximum absolute atomic E-state index is 12.0. The lowest BCUT2D eigenvalue weighted by Gasteiger charge is -2.20. The van der Waals surface area contributed by atoms with Crippen molar-refractivity contribution in [3.8, 4) is 0 Å². The third kappa shape index (κ3) is 2.01. The molecule has 0 saturated carbocycles. The summed E-state index contributed by atoms with van der Waals surface area (Å²) in [5.41, 5.74) is 2.82. The highest BCUT2D eigenvalue weighted by molar-refractivity contribution is 6.52. The Morgan fingerprint density at radius 2 is 1.84 bits per heavy atom. The van der Waals surface area contributed by atoms with Crippen LogP contribution in [0.4, 0.5) is 5.69 Å². The Labute approximate surface area is 111 Å². The van der Waals surface area contributed by atoms with Gasteiger partial charge in [-0.3, -0.25) is 19.3 Å². The van der Waals surface area contributed by atoms with E-state index in [1.807, 2.05) is 19.9 Å². The molecular formula is C14H16N2O3. The van der Waals surface area contributed by atoms with Crippen LogP contribution < -0.4 is 4.90 Å². The van der Waals surface area contributed by atoms with E-state index < -0.39 is 11.7 Å². The van der Waals surface area contributed by atoms with E-state index in [-0.39, 0.29) is 12.5 Å². The summed E-state index contributed by atoms with van der Waals surface area (Å²) in [4.78, 5) is 38.4. The molecule has 0 atom stereocenters. The zero-order valence-corrected chi connectivity index (χ0v) is 11.5. The molecule has 0 spiro atoms. The number of benzene rings is 1. The summed E-state index contributed by atoms with van der Waals surface area (Å²) in [6, 6.07) is 3.47. The number of rotatable bonds is 2. The van der Waals surface area contributed by atoms with Crippen LogP contribution in [0, 0.1) is 13.8 Å². The van der Waals surface area contributed by atoms with E-state index in [9.17, 15) is 14.4 Å². The number of aryl methyl sites for hydroxylation is 1. The summed E-state index contributed by atoms with van der Waals surface area (Å²) in [5, 5.41) is 0. The van der Waals surface area contributed by atoms with Gasteiger partial charge in [-0.05, 0) is 31.0 Å². The van der Waals surface area contributed by atoms with E-state index >= 15 is 0 Å². The number of fused-ring (bicyclic) bond motifs is 1. The van der Waals surface area contributed by atoms with Crippen molar-refractivity contribution in [1.29, 1.82) is 0 Å². The zero-order valence-electron chi connectivity index (χ0n) is 11.5. The van der Waals surface area contributed by atoms with Gasteiger partial charge in [0.2, 0.25) is 5.91 Å². The largest absolute Gasteiger partial charge is 0.347 e. The van der Waals surface area contributed by atoms with Crippen molar-refractivity contribution < 1.29 is 14.4 Å². The van der Waals surface area contributed by atoms with Crippen molar-refractivity contribution in [3.05, 3.63) is 28.8 Å². The molecule has 0 fully saturated rings. The van der Waals surface area contributed by atoms with Gasteiger partial charge in [-0.15, -0.1) is 0 Å². The summed E-state index contributed by atoms with van der Waals surface area (Å²) < 4.78 is 0. The molecule has 1 aromatic rings. The maximum atomic E-state index is 12.0. The SMILES string of the molecule is Cc1ccc2c(c1C)N(CC(=O)N(C)C)C(=O)C2=O. The number of hydrogen-bond acceptors (Lipinski definition) is 3. The van der Waals surface area contributed by atoms with Crippen LogP contribution in [0.2, 0.25) is 0 Å². The fourth-order valence-corrected chi connectivity index (χ4v) is 2.10. The van der Waals surface area contributed by atoms with E-state index in [0.29, 0.717) is 11.3 Å². The van der Waals surface area contributed by atoms with Crippen LogP contribution in [-0.4, -0.2) is 43.1 Å². The molecule has 0 aliphatic carbocycles. The lowest BCUT2D eigenvalue weighted by atomic mass is 10.0. The Morgan fingerprint density at radius 1 is 1.21 bits per heavy atom. The van der Waals surface area contributed by atoms with Gasteiger partial charge in [-0.25, -0.2) is 0 Å². The van der Waals surface area contributed by atoms with E-state index in [1.54, 1.807) is 20.2 Å². The fourth-order valence-electron chi connectivity index (χ4n) is 2.10. The second-order valence-corrected chi connectivity index (χ2v) is 4.91. The third-order valence-corrected chi connectivity index (χ3v) is 3.45. The number of ketones is 1. The second kappa shape index (κ2) is 4.50. The predicted molar refractivity (Wildman–Crippen MR) is 71.3 cm³/mol. The lowest BCUT2D eigenvalue weighted by molar-refractivity contribution is -0.128. The van der Waals surface area contributed by atoms with Gasteiger partial charge in [-0.2, -0.15) is 0 Å². The van der Waals surface area contributed by atoms with Gasteiger partial charge in [0.05, 0.1) is 11.3 Å². The molecule has 0 radical (unpaired) electrons. The normalized spacial score (nSPS) is 13.8. The van der Waals surface area contributed by atoms with Crippen LogP contribution in [0.15, 0.2) is 12.1 Å². The van der Waals surface area contributed by atoms with Crippen LogP contribution in [0.25, 0.3) is 0 Å². The molecule has 1 aliphatic rings. The van der Waals surface area contributed by atoms with Gasteiger partial charge in [0.15, 0.2) is 0 Å². The van der Waals surface area contributed by atoms with Crippen molar-refractivity contribution in [1.82, 2.24) is 4.90 Å². The first-order valence-electron chi connectivity index (χ1n) is 6.01. The van der Waals surface area contributed by atoms with E-state index in [4.69, 9.17) is 0 Å². The van der Waals surface area contributed by atoms with E-state index in [1.165, 1.54) is 9.80 Å². The minimum absolute atomic E-state index is 0.102. The fraction of sp³-hybridized carbons (Fsp3) is 0.357. The Kier molecular flexibility index (Phi) is 3.14. The monoisotopic (exact) mass is 260 g/mol. The van der Waals surface area contributed by atoms with Crippen LogP contribution >= 0.6 is 0 Å². The molecule has 5 nitrogen and oxygen atoms in total. The van der Waals surface area contributed by atoms with Crippen LogP contribution in [0.5, 0.6) is 0 Å². The van der Waals surface area contributed by atoms with Gasteiger partial charge in [-0.1, -0.05) is 6.07 Å². The molecule has 0 unspecified atom stereocenters. The summed E-state index contributed by atoms with van der Waals surface area (Å²) in [6.07, 6.45) is 0. The Bertz CT molecular complexity index is 591. The van der Waals surface area contributed by atoms with Crippen LogP contribution in [0.3, 0.4) is 0 Å². The highest BCUT2D eigenvalue weighted by Gasteiger charge is 2.38. The topological polar surface area (TPSA) is 57.7 Å². The number of hydrogen-bond donors (Lipinski definition) is 0. The highest BCUT2D eigenvalue weighted by atomic mass is 16.2. The van der Waals surface area contributed by atoms with Crippen molar-refractivity contribution >= 4 is 23.3 Å². The number of nitrogens with zero attached hydrogens (tertiary/aromatic N) is 2. The number of carbonyl (C=O) groups excluding carboxylic acids is 3. The Morgan fingerprint density at radius 3 is 2.42 bits per heavy atom. The van der Waals surface area contributed by atoms with Gasteiger partial charge in [0, 0.05) is 14.1 Å². The van der Waals surface area contributed by atoms with Gasteiger partial charge in [0.1, 0.15) is 6.54 Å². The number of Topliss-reactive ketones (excluding diaryl/α,β-unsaturated/α-hetero) is 1. The quantitative estimate of drug-likeness (QED) is 0.743. The lowest BCUT2D eigenvalue weighted by Crippen LogP contribution is -2.39. The smallest absolute Gasteiger partial charge is 0.299 e. The number of carbonyl (C=O) groups is 3. The summed E-state index contributed by atoms with van der Waals surface area (Å²) in [7, 11) is 3.24. The highest BCUT2D eigenvalue weighted by Crippen LogP contribution is 2.33. The average molecular weight is 260 g/mol. The minimum Gasteiger partial charge on any atom is -0.347 e. The predicted octanol–water partition coefficient (Wildman–Crippen LogP) is 0.921. The molecule has 5 heteroatoms. The molecular weight excluding hydrogens is 244 g/mol. The average Bonchev–Trinajstić information content (AvgIpc) is 2.59. The molecule has 2 rings (SSSR count). The van der Waals surface area contributed by atoms with Gasteiger partial charge in [0.25, 0.3) is 11.7 Å². The molecule has 0 aromatic heterocycles. The Hall–Kier alpha value is -2.17. The van der Waals surface area contributed by atoms with Crippen LogP contribution in [-0.2, 0) is 9.59 Å². The van der Waals surface area contributed by atoms with Crippen molar-refractivity contribution in [3.63, 3.8) is 0 Å². The van der Waals surface area contributed by atoms with Crippen LogP contribution in [0.1, 0.15) is 21.5 Å². The molecule has 1 aromatic carbocycles. The van der Waals surface area contributed by atoms with Gasteiger partial charge >= 0.3 is 0 Å². The van der Waals surface area contributed by atoms with Crippen molar-refractivity contribution in [2.45, 2.75) is 13.8 Å². The third-order valence-electron chi connectivity index (χ3n) is 3.45. The van der Waals surface area contributed by atoms with E-state index in [2.05, 4.69) is 0 Å². The molecule has 0 saturated heterocycles. The van der Waals surface area contributed by atoms with Gasteiger partial charge < -0.3 is 4.90 Å². The number of likely N-dealkylation sites (N-methyl/N-ethyl adjacent to an activating group) is 1. The minimum atomic E-state index is -0.626. The summed E-state index contributed by atoms with van der Waals surface area (Å²) in [5.74, 6) is -1.38. The maximum Gasteiger partial charge on any atom is 0.299 e. The molecule has 0 N–H and O–H groups in total. The molecule has 19 heavy (non-hydrogen) atoms. The zero-order chi connectivity index (χ0) is 14.3. The summed E-state index contributed by atoms with van der Waals surface area (Å²) in [6.45, 7) is 3.66. The standard InChI is InChI=1S/C14H16N2O3/c1-8-5-6-10-12(9(8)2)16(14(19)13(10)18)7-11(17)15(3)4/h5-6H,7H2,1-4H3. The molecule has 1 heterocycles. The first-order chi connectivity index (χ1) is 8.84. The molecule has 2 amide bonds. The first kappa shape index (κ1) is 13.3. The molecule has 100 valence electrons. The molecule has 1 aliphatic heterocycles.